The average molecular weight is 277 g/mol. The fourth-order valence-electron chi connectivity index (χ4n) is 3.06. The molecular weight excluding hydrogens is 252 g/mol. The van der Waals surface area contributed by atoms with Crippen LogP contribution in [0.3, 0.4) is 0 Å². The molecule has 0 aromatic heterocycles. The molecule has 1 rings (SSSR count). The number of hydrogen-bond acceptors (Lipinski definition) is 3. The summed E-state index contributed by atoms with van der Waals surface area (Å²) in [6.45, 7) is 12.4. The van der Waals surface area contributed by atoms with Gasteiger partial charge in [0.25, 0.3) is 0 Å². The second kappa shape index (κ2) is 5.47. The third-order valence-electron chi connectivity index (χ3n) is 3.41. The van der Waals surface area contributed by atoms with Gasteiger partial charge in [0.15, 0.2) is 0 Å². The first-order valence-corrected chi connectivity index (χ1v) is 6.95. The number of aryl methyl sites for hydroxylation is 1. The number of phenolic OH excluding ortho intramolecular Hbond substituents is 1. The molecule has 0 saturated heterocycles. The van der Waals surface area contributed by atoms with Crippen LogP contribution >= 0.6 is 0 Å². The van der Waals surface area contributed by atoms with Gasteiger partial charge in [-0.3, -0.25) is 0 Å². The Bertz CT molecular complexity index is 508. The van der Waals surface area contributed by atoms with Gasteiger partial charge in [-0.15, -0.1) is 0 Å². The van der Waals surface area contributed by atoms with Gasteiger partial charge in [0.1, 0.15) is 5.75 Å². The Hall–Kier alpha value is -1.51. The Morgan fingerprint density at radius 1 is 1.20 bits per heavy atom. The average Bonchev–Trinajstić information content (AvgIpc) is 2.18. The fourth-order valence-corrected chi connectivity index (χ4v) is 3.06. The summed E-state index contributed by atoms with van der Waals surface area (Å²) in [7, 11) is 0. The normalized spacial score (nSPS) is 12.5. The molecule has 3 heteroatoms. The van der Waals surface area contributed by atoms with Crippen LogP contribution in [0.2, 0.25) is 0 Å². The third kappa shape index (κ3) is 4.26. The largest absolute Gasteiger partial charge is 0.550 e. The molecule has 0 saturated carbocycles. The number of rotatable bonds is 4. The number of hydrogen-bond donors (Lipinski definition) is 1. The van der Waals surface area contributed by atoms with E-state index in [1.807, 2.05) is 0 Å². The van der Waals surface area contributed by atoms with Gasteiger partial charge in [-0.2, -0.15) is 0 Å². The monoisotopic (exact) mass is 277 g/mol. The zero-order valence-corrected chi connectivity index (χ0v) is 13.3. The minimum Gasteiger partial charge on any atom is -0.550 e. The van der Waals surface area contributed by atoms with E-state index in [1.165, 1.54) is 0 Å². The van der Waals surface area contributed by atoms with Gasteiger partial charge in [0.05, 0.1) is 0 Å². The third-order valence-corrected chi connectivity index (χ3v) is 3.41. The highest BCUT2D eigenvalue weighted by molar-refractivity contribution is 5.68. The van der Waals surface area contributed by atoms with Crippen LogP contribution in [0, 0.1) is 12.3 Å². The lowest BCUT2D eigenvalue weighted by atomic mass is 9.71. The molecule has 112 valence electrons. The molecule has 0 amide bonds. The summed E-state index contributed by atoms with van der Waals surface area (Å²) in [5.74, 6) is -0.837. The zero-order valence-electron chi connectivity index (χ0n) is 13.3. The predicted molar refractivity (Wildman–Crippen MR) is 78.7 cm³/mol. The topological polar surface area (TPSA) is 60.4 Å². The second-order valence-corrected chi connectivity index (χ2v) is 7.48. The molecular formula is C17H25O3-. The summed E-state index contributed by atoms with van der Waals surface area (Å²) < 4.78 is 0. The van der Waals surface area contributed by atoms with Crippen molar-refractivity contribution in [1.82, 2.24) is 0 Å². The highest BCUT2D eigenvalue weighted by Gasteiger charge is 2.30. The SMILES string of the molecule is Cc1cc(CC(=O)[O-])cc(C(C)(C)CC(C)(C)C)c1O. The van der Waals surface area contributed by atoms with Crippen LogP contribution in [0.25, 0.3) is 0 Å². The van der Waals surface area contributed by atoms with Crippen LogP contribution < -0.4 is 5.11 Å². The molecule has 0 aliphatic heterocycles. The summed E-state index contributed by atoms with van der Waals surface area (Å²) in [6, 6.07) is 3.51. The van der Waals surface area contributed by atoms with Crippen molar-refractivity contribution in [1.29, 1.82) is 0 Å². The zero-order chi connectivity index (χ0) is 15.7. The predicted octanol–water partition coefficient (Wildman–Crippen LogP) is 2.71. The highest BCUT2D eigenvalue weighted by Crippen LogP contribution is 2.41. The molecule has 20 heavy (non-hydrogen) atoms. The molecule has 0 atom stereocenters. The number of aliphatic carboxylic acids is 1. The fraction of sp³-hybridized carbons (Fsp3) is 0.588. The summed E-state index contributed by atoms with van der Waals surface area (Å²) in [6.07, 6.45) is 0.765. The second-order valence-electron chi connectivity index (χ2n) is 7.48. The number of aromatic hydroxyl groups is 1. The first-order chi connectivity index (χ1) is 8.92. The van der Waals surface area contributed by atoms with E-state index in [0.29, 0.717) is 11.1 Å². The minimum atomic E-state index is -1.10. The molecule has 0 bridgehead atoms. The molecule has 0 heterocycles. The first-order valence-electron chi connectivity index (χ1n) is 6.95. The van der Waals surface area contributed by atoms with Crippen molar-refractivity contribution in [3.63, 3.8) is 0 Å². The Kier molecular flexibility index (Phi) is 4.52. The number of carboxylic acids is 1. The molecule has 1 aromatic carbocycles. The number of carbonyl (C=O) groups is 1. The van der Waals surface area contributed by atoms with E-state index in [9.17, 15) is 15.0 Å². The summed E-state index contributed by atoms with van der Waals surface area (Å²) >= 11 is 0. The smallest absolute Gasteiger partial charge is 0.122 e. The number of carboxylic acid groups (broad SMARTS) is 1. The van der Waals surface area contributed by atoms with Gasteiger partial charge in [-0.05, 0) is 35.3 Å². The lowest BCUT2D eigenvalue weighted by Crippen LogP contribution is -2.27. The Balaban J connectivity index is 3.28. The molecule has 0 spiro atoms. The summed E-state index contributed by atoms with van der Waals surface area (Å²) in [5.41, 5.74) is 2.09. The highest BCUT2D eigenvalue weighted by atomic mass is 16.4. The number of benzene rings is 1. The van der Waals surface area contributed by atoms with Crippen LogP contribution in [0.1, 0.15) is 57.7 Å². The van der Waals surface area contributed by atoms with E-state index < -0.39 is 5.97 Å². The van der Waals surface area contributed by atoms with Gasteiger partial charge in [-0.25, -0.2) is 0 Å². The van der Waals surface area contributed by atoms with E-state index >= 15 is 0 Å². The van der Waals surface area contributed by atoms with Crippen LogP contribution in [-0.2, 0) is 16.6 Å². The van der Waals surface area contributed by atoms with Crippen molar-refractivity contribution < 1.29 is 15.0 Å². The maximum absolute atomic E-state index is 10.8. The quantitative estimate of drug-likeness (QED) is 0.920. The Morgan fingerprint density at radius 3 is 2.20 bits per heavy atom. The molecule has 0 radical (unpaired) electrons. The molecule has 3 nitrogen and oxygen atoms in total. The van der Waals surface area contributed by atoms with Crippen molar-refractivity contribution >= 4 is 5.97 Å². The van der Waals surface area contributed by atoms with E-state index in [2.05, 4.69) is 34.6 Å². The molecule has 0 aliphatic carbocycles. The van der Waals surface area contributed by atoms with E-state index in [-0.39, 0.29) is 23.0 Å². The van der Waals surface area contributed by atoms with Crippen LogP contribution in [0.5, 0.6) is 5.75 Å². The maximum atomic E-state index is 10.8. The van der Waals surface area contributed by atoms with E-state index in [4.69, 9.17) is 0 Å². The van der Waals surface area contributed by atoms with Crippen molar-refractivity contribution in [3.05, 3.63) is 28.8 Å². The maximum Gasteiger partial charge on any atom is 0.122 e. The lowest BCUT2D eigenvalue weighted by molar-refractivity contribution is -0.304. The van der Waals surface area contributed by atoms with Gasteiger partial charge in [0.2, 0.25) is 0 Å². The minimum absolute atomic E-state index is 0.119. The number of carbonyl (C=O) groups excluding carboxylic acids is 1. The molecule has 1 N–H and O–H groups in total. The molecule has 0 fully saturated rings. The van der Waals surface area contributed by atoms with Crippen molar-refractivity contribution in [2.24, 2.45) is 5.41 Å². The lowest BCUT2D eigenvalue weighted by Gasteiger charge is -2.34. The summed E-state index contributed by atoms with van der Waals surface area (Å²) in [5, 5.41) is 21.1. The van der Waals surface area contributed by atoms with Crippen molar-refractivity contribution in [2.45, 2.75) is 59.8 Å². The van der Waals surface area contributed by atoms with Gasteiger partial charge in [-0.1, -0.05) is 46.8 Å². The van der Waals surface area contributed by atoms with Crippen molar-refractivity contribution in [3.8, 4) is 5.75 Å². The molecule has 1 aromatic rings. The first kappa shape index (κ1) is 16.5. The number of phenols is 1. The summed E-state index contributed by atoms with van der Waals surface area (Å²) in [4.78, 5) is 10.8. The van der Waals surface area contributed by atoms with Gasteiger partial charge in [0, 0.05) is 18.0 Å². The van der Waals surface area contributed by atoms with Gasteiger partial charge < -0.3 is 15.0 Å². The van der Waals surface area contributed by atoms with Crippen LogP contribution in [0.4, 0.5) is 0 Å². The van der Waals surface area contributed by atoms with E-state index in [1.54, 1.807) is 19.1 Å². The Labute approximate surface area is 121 Å². The van der Waals surface area contributed by atoms with Crippen LogP contribution in [-0.4, -0.2) is 11.1 Å². The van der Waals surface area contributed by atoms with E-state index in [0.717, 1.165) is 12.0 Å². The molecule has 0 aliphatic rings. The van der Waals surface area contributed by atoms with Crippen LogP contribution in [0.15, 0.2) is 12.1 Å². The van der Waals surface area contributed by atoms with Gasteiger partial charge >= 0.3 is 0 Å². The van der Waals surface area contributed by atoms with Crippen molar-refractivity contribution in [2.75, 3.05) is 0 Å². The molecule has 0 unspecified atom stereocenters. The standard InChI is InChI=1S/C17H26O3/c1-11-7-12(9-14(18)19)8-13(15(11)20)17(5,6)10-16(2,3)4/h7-8,20H,9-10H2,1-6H3,(H,18,19)/p-1. The Morgan fingerprint density at radius 2 is 1.75 bits per heavy atom.